The van der Waals surface area contributed by atoms with Crippen LogP contribution >= 0.6 is 0 Å². The molecule has 1 saturated heterocycles. The summed E-state index contributed by atoms with van der Waals surface area (Å²) in [7, 11) is 0. The first-order chi connectivity index (χ1) is 16.2. The Bertz CT molecular complexity index is 1220. The van der Waals surface area contributed by atoms with Gasteiger partial charge in [-0.15, -0.1) is 0 Å². The number of nitrogens with zero attached hydrogens (tertiary/aromatic N) is 4. The standard InChI is InChI=1S/C24H21F4N5O/c1-13-14-9-19(32-22-18(25)11-15(12-31-22)24(26,27)28)20(10-14)33(13)23(34)17-6-3-2-5-16(17)21-29-7-4-8-30-21/h2-8,11-14,19-20H,9-10H2,1H3,(H,31,32)/t13-,14+,19-,20+/m1/s1. The van der Waals surface area contributed by atoms with Gasteiger partial charge in [-0.1, -0.05) is 18.2 Å². The summed E-state index contributed by atoms with van der Waals surface area (Å²) in [5.74, 6) is -0.882. The van der Waals surface area contributed by atoms with Gasteiger partial charge in [0.2, 0.25) is 0 Å². The van der Waals surface area contributed by atoms with Gasteiger partial charge in [-0.25, -0.2) is 19.3 Å². The lowest BCUT2D eigenvalue weighted by Crippen LogP contribution is -2.51. The molecule has 1 aliphatic carbocycles. The number of aromatic nitrogens is 3. The monoisotopic (exact) mass is 471 g/mol. The number of benzene rings is 1. The molecule has 0 spiro atoms. The first kappa shape index (κ1) is 22.2. The molecule has 1 aromatic carbocycles. The lowest BCUT2D eigenvalue weighted by atomic mass is 9.96. The van der Waals surface area contributed by atoms with Crippen LogP contribution in [0.2, 0.25) is 0 Å². The zero-order valence-corrected chi connectivity index (χ0v) is 18.1. The summed E-state index contributed by atoms with van der Waals surface area (Å²) < 4.78 is 52.9. The van der Waals surface area contributed by atoms with Crippen LogP contribution in [0.1, 0.15) is 35.7 Å². The molecular formula is C24H21F4N5O. The molecule has 5 rings (SSSR count). The van der Waals surface area contributed by atoms with Gasteiger partial charge >= 0.3 is 6.18 Å². The van der Waals surface area contributed by atoms with E-state index in [9.17, 15) is 22.4 Å². The average Bonchev–Trinajstić information content (AvgIpc) is 3.37. The predicted molar refractivity (Wildman–Crippen MR) is 116 cm³/mol. The fraction of sp³-hybridized carbons (Fsp3) is 0.333. The summed E-state index contributed by atoms with van der Waals surface area (Å²) in [6.45, 7) is 1.98. The number of anilines is 1. The Morgan fingerprint density at radius 1 is 1.09 bits per heavy atom. The van der Waals surface area contributed by atoms with Crippen molar-refractivity contribution in [3.05, 3.63) is 71.9 Å². The maximum atomic E-state index is 14.4. The van der Waals surface area contributed by atoms with E-state index < -0.39 is 17.6 Å². The minimum absolute atomic E-state index is 0.0364. The topological polar surface area (TPSA) is 71.0 Å². The molecule has 1 N–H and O–H groups in total. The first-order valence-electron chi connectivity index (χ1n) is 10.9. The molecule has 4 atom stereocenters. The van der Waals surface area contributed by atoms with Crippen molar-refractivity contribution < 1.29 is 22.4 Å². The van der Waals surface area contributed by atoms with Crippen LogP contribution in [-0.2, 0) is 6.18 Å². The van der Waals surface area contributed by atoms with E-state index in [0.29, 0.717) is 35.6 Å². The first-order valence-corrected chi connectivity index (χ1v) is 10.9. The molecule has 0 unspecified atom stereocenters. The molecule has 2 aliphatic rings. The number of carbonyl (C=O) groups is 1. The summed E-state index contributed by atoms with van der Waals surface area (Å²) in [5, 5.41) is 2.95. The molecule has 2 aromatic heterocycles. The van der Waals surface area contributed by atoms with E-state index in [0.717, 1.165) is 6.42 Å². The van der Waals surface area contributed by atoms with Crippen LogP contribution in [0.3, 0.4) is 0 Å². The van der Waals surface area contributed by atoms with E-state index in [4.69, 9.17) is 0 Å². The number of likely N-dealkylation sites (tertiary alicyclic amines) is 1. The highest BCUT2D eigenvalue weighted by atomic mass is 19.4. The fourth-order valence-electron chi connectivity index (χ4n) is 5.09. The Balaban J connectivity index is 1.41. The van der Waals surface area contributed by atoms with Gasteiger partial charge in [-0.3, -0.25) is 4.79 Å². The molecule has 1 aliphatic heterocycles. The summed E-state index contributed by atoms with van der Waals surface area (Å²) in [6.07, 6.45) is 0.538. The Labute approximate surface area is 193 Å². The van der Waals surface area contributed by atoms with Crippen LogP contribution in [-0.4, -0.2) is 43.9 Å². The average molecular weight is 471 g/mol. The molecule has 2 bridgehead atoms. The summed E-state index contributed by atoms with van der Waals surface area (Å²) in [4.78, 5) is 27.7. The van der Waals surface area contributed by atoms with Crippen LogP contribution in [0.5, 0.6) is 0 Å². The highest BCUT2D eigenvalue weighted by molar-refractivity contribution is 6.00. The molecule has 0 radical (unpaired) electrons. The Morgan fingerprint density at radius 2 is 1.82 bits per heavy atom. The van der Waals surface area contributed by atoms with Crippen LogP contribution in [0.15, 0.2) is 55.0 Å². The van der Waals surface area contributed by atoms with E-state index in [-0.39, 0.29) is 35.8 Å². The third-order valence-corrected chi connectivity index (χ3v) is 6.73. The number of nitrogens with one attached hydrogen (secondary N) is 1. The second kappa shape index (κ2) is 8.34. The molecular weight excluding hydrogens is 450 g/mol. The number of hydrogen-bond donors (Lipinski definition) is 1. The van der Waals surface area contributed by atoms with E-state index >= 15 is 0 Å². The van der Waals surface area contributed by atoms with E-state index in [1.807, 2.05) is 13.0 Å². The van der Waals surface area contributed by atoms with E-state index in [1.54, 1.807) is 41.6 Å². The number of alkyl halides is 3. The SMILES string of the molecule is C[C@@H]1[C@H]2C[C@@H](Nc3ncc(C(F)(F)F)cc3F)[C@H](C2)N1C(=O)c1ccccc1-c1ncccn1. The molecule has 10 heteroatoms. The Kier molecular flexibility index (Phi) is 5.45. The zero-order chi connectivity index (χ0) is 24.0. The number of carbonyl (C=O) groups excluding carboxylic acids is 1. The third-order valence-electron chi connectivity index (χ3n) is 6.73. The van der Waals surface area contributed by atoms with Crippen molar-refractivity contribution >= 4 is 11.7 Å². The van der Waals surface area contributed by atoms with Gasteiger partial charge in [-0.2, -0.15) is 13.2 Å². The number of hydrogen-bond acceptors (Lipinski definition) is 5. The number of amides is 1. The summed E-state index contributed by atoms with van der Waals surface area (Å²) >= 11 is 0. The van der Waals surface area contributed by atoms with Crippen molar-refractivity contribution in [2.75, 3.05) is 5.32 Å². The van der Waals surface area contributed by atoms with Crippen LogP contribution < -0.4 is 5.32 Å². The van der Waals surface area contributed by atoms with Gasteiger partial charge in [0.15, 0.2) is 17.5 Å². The fourth-order valence-corrected chi connectivity index (χ4v) is 5.09. The molecule has 6 nitrogen and oxygen atoms in total. The van der Waals surface area contributed by atoms with Crippen molar-refractivity contribution in [3.63, 3.8) is 0 Å². The van der Waals surface area contributed by atoms with Crippen molar-refractivity contribution in [1.29, 1.82) is 0 Å². The van der Waals surface area contributed by atoms with Crippen molar-refractivity contribution in [3.8, 4) is 11.4 Å². The van der Waals surface area contributed by atoms with Gasteiger partial charge in [0.1, 0.15) is 0 Å². The minimum Gasteiger partial charge on any atom is -0.363 e. The number of piperidine rings is 1. The maximum absolute atomic E-state index is 14.4. The smallest absolute Gasteiger partial charge is 0.363 e. The number of fused-ring (bicyclic) bond motifs is 2. The predicted octanol–water partition coefficient (Wildman–Crippen LogP) is 4.80. The van der Waals surface area contributed by atoms with Crippen molar-refractivity contribution in [1.82, 2.24) is 19.9 Å². The van der Waals surface area contributed by atoms with Crippen LogP contribution in [0.25, 0.3) is 11.4 Å². The highest BCUT2D eigenvalue weighted by Crippen LogP contribution is 2.45. The van der Waals surface area contributed by atoms with Gasteiger partial charge in [0.25, 0.3) is 5.91 Å². The lowest BCUT2D eigenvalue weighted by molar-refractivity contribution is -0.138. The zero-order valence-electron chi connectivity index (χ0n) is 18.1. The number of rotatable bonds is 4. The molecule has 176 valence electrons. The molecule has 1 amide bonds. The molecule has 34 heavy (non-hydrogen) atoms. The van der Waals surface area contributed by atoms with E-state index in [2.05, 4.69) is 20.3 Å². The largest absolute Gasteiger partial charge is 0.417 e. The Hall–Kier alpha value is -3.56. The summed E-state index contributed by atoms with van der Waals surface area (Å²) in [6, 6.07) is 8.62. The second-order valence-corrected chi connectivity index (χ2v) is 8.67. The minimum atomic E-state index is -4.67. The quantitative estimate of drug-likeness (QED) is 0.554. The number of pyridine rings is 1. The highest BCUT2D eigenvalue weighted by Gasteiger charge is 2.52. The van der Waals surface area contributed by atoms with Crippen LogP contribution in [0.4, 0.5) is 23.4 Å². The Morgan fingerprint density at radius 3 is 2.50 bits per heavy atom. The summed E-state index contributed by atoms with van der Waals surface area (Å²) in [5.41, 5.74) is -0.0672. The van der Waals surface area contributed by atoms with Gasteiger partial charge in [0.05, 0.1) is 17.2 Å². The molecule has 2 fully saturated rings. The molecule has 3 heterocycles. The van der Waals surface area contributed by atoms with Gasteiger partial charge < -0.3 is 10.2 Å². The van der Waals surface area contributed by atoms with Gasteiger partial charge in [-0.05, 0) is 43.9 Å². The van der Waals surface area contributed by atoms with Crippen molar-refractivity contribution in [2.24, 2.45) is 5.92 Å². The molecule has 1 saturated carbocycles. The van der Waals surface area contributed by atoms with Gasteiger partial charge in [0, 0.05) is 36.2 Å². The van der Waals surface area contributed by atoms with Crippen molar-refractivity contribution in [2.45, 2.75) is 44.1 Å². The lowest BCUT2D eigenvalue weighted by Gasteiger charge is -2.38. The normalized spacial score (nSPS) is 23.9. The maximum Gasteiger partial charge on any atom is 0.417 e. The van der Waals surface area contributed by atoms with Crippen LogP contribution in [0, 0.1) is 11.7 Å². The second-order valence-electron chi connectivity index (χ2n) is 8.67. The third kappa shape index (κ3) is 3.86. The number of halogens is 4. The molecule has 3 aromatic rings. The van der Waals surface area contributed by atoms with E-state index in [1.165, 1.54) is 0 Å².